The van der Waals surface area contributed by atoms with Gasteiger partial charge in [-0.2, -0.15) is 13.2 Å². The lowest BCUT2D eigenvalue weighted by Gasteiger charge is -2.03. The molecule has 0 aliphatic heterocycles. The minimum Gasteiger partial charge on any atom is -0.299 e. The Kier molecular flexibility index (Phi) is 2.56. The van der Waals surface area contributed by atoms with E-state index in [0.717, 1.165) is 12.3 Å². The lowest BCUT2D eigenvalue weighted by Crippen LogP contribution is -2.35. The molecule has 0 aromatic carbocycles. The summed E-state index contributed by atoms with van der Waals surface area (Å²) in [6.45, 7) is 0. The highest BCUT2D eigenvalue weighted by atomic mass is 19.4. The van der Waals surface area contributed by atoms with E-state index in [1.165, 1.54) is 23.3 Å². The van der Waals surface area contributed by atoms with Gasteiger partial charge < -0.3 is 0 Å². The fraction of sp³-hybridized carbons (Fsp3) is 0.0909. The minimum atomic E-state index is -4.44. The van der Waals surface area contributed by atoms with Crippen molar-refractivity contribution in [2.24, 2.45) is 0 Å². The Balaban J connectivity index is 2.12. The van der Waals surface area contributed by atoms with Crippen LogP contribution in [0.15, 0.2) is 35.6 Å². The molecule has 0 aliphatic carbocycles. The Bertz CT molecular complexity index is 818. The van der Waals surface area contributed by atoms with Crippen molar-refractivity contribution in [1.82, 2.24) is 20.1 Å². The molecule has 0 radical (unpaired) electrons. The van der Waals surface area contributed by atoms with Crippen molar-refractivity contribution in [3.8, 4) is 5.82 Å². The third kappa shape index (κ3) is 1.92. The SMILES string of the molecule is O=c1[nH]cnc2c1c[nH][n+]2-c1ccc(C(F)(F)F)cn1. The molecule has 0 saturated heterocycles. The molecule has 6 nitrogen and oxygen atoms in total. The lowest BCUT2D eigenvalue weighted by atomic mass is 10.3. The summed E-state index contributed by atoms with van der Waals surface area (Å²) in [5.41, 5.74) is -0.915. The van der Waals surface area contributed by atoms with Gasteiger partial charge in [-0.3, -0.25) is 14.9 Å². The van der Waals surface area contributed by atoms with Crippen molar-refractivity contribution in [2.75, 3.05) is 0 Å². The largest absolute Gasteiger partial charge is 0.419 e. The average Bonchev–Trinajstić information content (AvgIpc) is 2.83. The molecule has 0 saturated carbocycles. The van der Waals surface area contributed by atoms with Crippen LogP contribution >= 0.6 is 0 Å². The molecule has 9 heteroatoms. The Hall–Kier alpha value is -2.71. The van der Waals surface area contributed by atoms with Crippen molar-refractivity contribution < 1.29 is 17.9 Å². The molecule has 102 valence electrons. The van der Waals surface area contributed by atoms with Gasteiger partial charge in [0.25, 0.3) is 11.4 Å². The standard InChI is InChI=1S/C11H6F3N5O/c12-11(13,14)6-1-2-8(15-3-6)19-9-7(4-18-19)10(20)17-5-16-9/h1-5H,(H,16,17,18,20)/p+1. The van der Waals surface area contributed by atoms with Gasteiger partial charge in [0, 0.05) is 6.07 Å². The second kappa shape index (κ2) is 4.15. The molecule has 0 unspecified atom stereocenters. The van der Waals surface area contributed by atoms with Crippen LogP contribution in [0.3, 0.4) is 0 Å². The van der Waals surface area contributed by atoms with E-state index in [0.29, 0.717) is 0 Å². The number of aromatic amines is 2. The van der Waals surface area contributed by atoms with Gasteiger partial charge in [-0.25, -0.2) is 0 Å². The van der Waals surface area contributed by atoms with Crippen LogP contribution in [0.25, 0.3) is 16.9 Å². The number of alkyl halides is 3. The van der Waals surface area contributed by atoms with Crippen LogP contribution in [0.4, 0.5) is 13.2 Å². The second-order valence-corrected chi connectivity index (χ2v) is 3.98. The first-order valence-electron chi connectivity index (χ1n) is 5.47. The van der Waals surface area contributed by atoms with E-state index in [9.17, 15) is 18.0 Å². The van der Waals surface area contributed by atoms with Gasteiger partial charge in [0.1, 0.15) is 11.6 Å². The zero-order chi connectivity index (χ0) is 14.3. The molecule has 0 fully saturated rings. The molecule has 0 spiro atoms. The minimum absolute atomic E-state index is 0.200. The molecular formula is C11H7F3N5O+. The number of aromatic nitrogens is 5. The Morgan fingerprint density at radius 3 is 2.65 bits per heavy atom. The number of H-pyrrole nitrogens is 2. The van der Waals surface area contributed by atoms with Crippen molar-refractivity contribution in [2.45, 2.75) is 6.18 Å². The summed E-state index contributed by atoms with van der Waals surface area (Å²) in [5, 5.41) is 3.01. The number of fused-ring (bicyclic) bond motifs is 1. The molecule has 3 aromatic rings. The van der Waals surface area contributed by atoms with Gasteiger partial charge in [-0.1, -0.05) is 4.98 Å². The molecular weight excluding hydrogens is 275 g/mol. The Morgan fingerprint density at radius 2 is 2.00 bits per heavy atom. The maximum absolute atomic E-state index is 12.5. The first-order chi connectivity index (χ1) is 9.47. The number of halogens is 3. The Morgan fingerprint density at radius 1 is 1.20 bits per heavy atom. The van der Waals surface area contributed by atoms with Crippen LogP contribution in [-0.2, 0) is 6.18 Å². The monoisotopic (exact) mass is 282 g/mol. The van der Waals surface area contributed by atoms with Gasteiger partial charge in [0.2, 0.25) is 0 Å². The molecule has 3 aromatic heterocycles. The van der Waals surface area contributed by atoms with Crippen LogP contribution in [0, 0.1) is 0 Å². The third-order valence-electron chi connectivity index (χ3n) is 2.72. The van der Waals surface area contributed by atoms with E-state index < -0.39 is 11.7 Å². The summed E-state index contributed by atoms with van der Waals surface area (Å²) < 4.78 is 38.7. The first-order valence-corrected chi connectivity index (χ1v) is 5.47. The Labute approximate surface area is 108 Å². The van der Waals surface area contributed by atoms with Gasteiger partial charge in [0.05, 0.1) is 11.8 Å². The van der Waals surface area contributed by atoms with Crippen LogP contribution in [0.5, 0.6) is 0 Å². The van der Waals surface area contributed by atoms with Crippen LogP contribution in [0.2, 0.25) is 0 Å². The maximum Gasteiger partial charge on any atom is 0.419 e. The fourth-order valence-corrected chi connectivity index (χ4v) is 1.76. The van der Waals surface area contributed by atoms with Crippen molar-refractivity contribution in [3.63, 3.8) is 0 Å². The number of hydrogen-bond acceptors (Lipinski definition) is 3. The van der Waals surface area contributed by atoms with Gasteiger partial charge in [-0.15, -0.1) is 9.67 Å². The highest BCUT2D eigenvalue weighted by Gasteiger charge is 2.32. The van der Waals surface area contributed by atoms with E-state index >= 15 is 0 Å². The molecule has 0 aliphatic rings. The highest BCUT2D eigenvalue weighted by Crippen LogP contribution is 2.28. The summed E-state index contributed by atoms with van der Waals surface area (Å²) >= 11 is 0. The molecule has 3 heterocycles. The molecule has 0 atom stereocenters. The number of rotatable bonds is 1. The normalized spacial score (nSPS) is 11.9. The molecule has 3 rings (SSSR count). The van der Waals surface area contributed by atoms with Crippen molar-refractivity contribution in [1.29, 1.82) is 0 Å². The van der Waals surface area contributed by atoms with E-state index in [1.54, 1.807) is 0 Å². The summed E-state index contributed by atoms with van der Waals surface area (Å²) in [5.74, 6) is 0.200. The predicted octanol–water partition coefficient (Wildman–Crippen LogP) is 0.942. The molecule has 2 N–H and O–H groups in total. The zero-order valence-electron chi connectivity index (χ0n) is 9.77. The smallest absolute Gasteiger partial charge is 0.299 e. The van der Waals surface area contributed by atoms with E-state index in [1.807, 2.05) is 0 Å². The van der Waals surface area contributed by atoms with Gasteiger partial charge in [-0.05, 0) is 6.07 Å². The zero-order valence-corrected chi connectivity index (χ0v) is 9.77. The summed E-state index contributed by atoms with van der Waals surface area (Å²) in [4.78, 5) is 21.6. The number of pyridine rings is 1. The predicted molar refractivity (Wildman–Crippen MR) is 61.0 cm³/mol. The summed E-state index contributed by atoms with van der Waals surface area (Å²) in [7, 11) is 0. The molecule has 20 heavy (non-hydrogen) atoms. The third-order valence-corrected chi connectivity index (χ3v) is 2.72. The second-order valence-electron chi connectivity index (χ2n) is 3.98. The van der Waals surface area contributed by atoms with E-state index in [-0.39, 0.29) is 22.4 Å². The number of nitrogens with one attached hydrogen (secondary N) is 2. The topological polar surface area (TPSA) is 78.3 Å². The van der Waals surface area contributed by atoms with E-state index in [2.05, 4.69) is 20.1 Å². The average molecular weight is 282 g/mol. The molecule has 0 bridgehead atoms. The van der Waals surface area contributed by atoms with Crippen LogP contribution in [0.1, 0.15) is 5.56 Å². The van der Waals surface area contributed by atoms with Gasteiger partial charge >= 0.3 is 11.8 Å². The van der Waals surface area contributed by atoms with Crippen LogP contribution in [-0.4, -0.2) is 20.1 Å². The van der Waals surface area contributed by atoms with Crippen molar-refractivity contribution >= 4 is 11.0 Å². The fourth-order valence-electron chi connectivity index (χ4n) is 1.76. The lowest BCUT2D eigenvalue weighted by molar-refractivity contribution is -0.635. The quantitative estimate of drug-likeness (QED) is 0.652. The summed E-state index contributed by atoms with van der Waals surface area (Å²) in [6, 6.07) is 2.11. The molecule has 0 amide bonds. The first kappa shape index (κ1) is 12.3. The summed E-state index contributed by atoms with van der Waals surface area (Å²) in [6.07, 6.45) is -1.11. The number of hydrogen-bond donors (Lipinski definition) is 2. The number of nitrogens with zero attached hydrogens (tertiary/aromatic N) is 3. The van der Waals surface area contributed by atoms with Gasteiger partial charge in [0.15, 0.2) is 6.33 Å². The van der Waals surface area contributed by atoms with Crippen LogP contribution < -0.4 is 10.2 Å². The highest BCUT2D eigenvalue weighted by molar-refractivity contribution is 5.69. The maximum atomic E-state index is 12.5. The van der Waals surface area contributed by atoms with Crippen molar-refractivity contribution in [3.05, 3.63) is 46.8 Å². The van der Waals surface area contributed by atoms with E-state index in [4.69, 9.17) is 0 Å².